The van der Waals surface area contributed by atoms with E-state index in [1.54, 1.807) is 11.1 Å². The van der Waals surface area contributed by atoms with Crippen LogP contribution in [0.5, 0.6) is 0 Å². The monoisotopic (exact) mass is 347 g/mol. The second-order valence-electron chi connectivity index (χ2n) is 5.14. The second-order valence-corrected chi connectivity index (χ2v) is 6.11. The van der Waals surface area contributed by atoms with Gasteiger partial charge in [-0.3, -0.25) is 2.78 Å². The van der Waals surface area contributed by atoms with E-state index in [9.17, 15) is 0 Å². The number of hydrogen-bond acceptors (Lipinski definition) is 0. The molecule has 90 valence electrons. The molecule has 0 amide bonds. The molecule has 3 aromatic rings. The van der Waals surface area contributed by atoms with E-state index in [2.05, 4.69) is 62.0 Å². The quantitative estimate of drug-likeness (QED) is 0.511. The minimum absolute atomic E-state index is 1.25. The lowest BCUT2D eigenvalue weighted by Crippen LogP contribution is -2.02. The zero-order valence-corrected chi connectivity index (χ0v) is 12.3. The van der Waals surface area contributed by atoms with Gasteiger partial charge in [-0.05, 0) is 55.0 Å². The summed E-state index contributed by atoms with van der Waals surface area (Å²) in [6.45, 7) is 0. The van der Waals surface area contributed by atoms with Crippen molar-refractivity contribution in [3.63, 3.8) is 0 Å². The molecule has 0 atom stereocenters. The van der Waals surface area contributed by atoms with Crippen LogP contribution in [0.4, 0.5) is 0 Å². The van der Waals surface area contributed by atoms with E-state index in [1.807, 2.05) is 0 Å². The van der Waals surface area contributed by atoms with Crippen LogP contribution in [-0.4, -0.2) is 2.78 Å². The topological polar surface area (TPSA) is 4.93 Å². The number of hydrogen-bond donors (Lipinski definition) is 0. The van der Waals surface area contributed by atoms with Crippen molar-refractivity contribution < 1.29 is 0 Å². The molecule has 1 aromatic heterocycles. The summed E-state index contributed by atoms with van der Waals surface area (Å²) in [5.41, 5.74) is 5.84. The fourth-order valence-electron chi connectivity index (χ4n) is 3.15. The zero-order chi connectivity index (χ0) is 12.1. The molecule has 1 aliphatic rings. The number of benzene rings is 2. The first-order valence-corrected chi connectivity index (χ1v) is 7.52. The number of halogens is 1. The van der Waals surface area contributed by atoms with E-state index >= 15 is 0 Å². The lowest BCUT2D eigenvalue weighted by atomic mass is 9.90. The Hall–Kier alpha value is -1.03. The SMILES string of the molecule is In1c2ccccc2c2cc3c(cc21)CCCC3. The van der Waals surface area contributed by atoms with Gasteiger partial charge >= 0.3 is 0 Å². The number of aromatic nitrogens is 1. The molecule has 2 aromatic carbocycles. The molecule has 0 unspecified atom stereocenters. The number of aryl methyl sites for hydroxylation is 2. The Bertz CT molecular complexity index is 754. The first-order valence-electron chi connectivity index (χ1n) is 6.56. The summed E-state index contributed by atoms with van der Waals surface area (Å²) < 4.78 is 2.30. The van der Waals surface area contributed by atoms with Crippen LogP contribution >= 0.6 is 22.9 Å². The van der Waals surface area contributed by atoms with Gasteiger partial charge < -0.3 is 0 Å². The molecule has 0 aliphatic heterocycles. The van der Waals surface area contributed by atoms with Crippen LogP contribution < -0.4 is 0 Å². The first-order chi connectivity index (χ1) is 8.84. The van der Waals surface area contributed by atoms with Crippen LogP contribution in [0, 0.1) is 0 Å². The minimum atomic E-state index is 1.25. The fraction of sp³-hybridized carbons (Fsp3) is 0.250. The van der Waals surface area contributed by atoms with Crippen molar-refractivity contribution in [2.24, 2.45) is 0 Å². The first kappa shape index (κ1) is 10.9. The summed E-state index contributed by atoms with van der Waals surface area (Å²) in [6.07, 6.45) is 5.21. The maximum atomic E-state index is 2.43. The van der Waals surface area contributed by atoms with Gasteiger partial charge in [0, 0.05) is 10.8 Å². The van der Waals surface area contributed by atoms with Gasteiger partial charge in [0.2, 0.25) is 0 Å². The molecule has 0 saturated heterocycles. The van der Waals surface area contributed by atoms with Crippen molar-refractivity contribution in [2.45, 2.75) is 25.7 Å². The van der Waals surface area contributed by atoms with Crippen molar-refractivity contribution in [3.05, 3.63) is 47.5 Å². The third-order valence-corrected chi connectivity index (χ3v) is 5.12. The molecular weight excluding hydrogens is 333 g/mol. The molecule has 1 heterocycles. The Kier molecular flexibility index (Phi) is 2.40. The summed E-state index contributed by atoms with van der Waals surface area (Å²) in [5, 5.41) is 2.80. The number of para-hydroxylation sites is 1. The highest BCUT2D eigenvalue weighted by Gasteiger charge is 2.14. The molecule has 0 spiro atoms. The zero-order valence-electron chi connectivity index (χ0n) is 10.1. The highest BCUT2D eigenvalue weighted by atomic mass is 127. The molecule has 4 rings (SSSR count). The van der Waals surface area contributed by atoms with Crippen molar-refractivity contribution in [2.75, 3.05) is 0 Å². The van der Waals surface area contributed by atoms with E-state index in [4.69, 9.17) is 0 Å². The van der Waals surface area contributed by atoms with E-state index in [0.717, 1.165) is 0 Å². The summed E-state index contributed by atoms with van der Waals surface area (Å²) in [6, 6.07) is 13.6. The van der Waals surface area contributed by atoms with Crippen molar-refractivity contribution in [1.82, 2.24) is 2.78 Å². The second kappa shape index (κ2) is 3.98. The average molecular weight is 347 g/mol. The number of fused-ring (bicyclic) bond motifs is 4. The Balaban J connectivity index is 2.17. The van der Waals surface area contributed by atoms with Crippen LogP contribution in [0.1, 0.15) is 24.0 Å². The third kappa shape index (κ3) is 1.44. The van der Waals surface area contributed by atoms with Crippen LogP contribution in [0.25, 0.3) is 21.8 Å². The summed E-state index contributed by atoms with van der Waals surface area (Å²) in [5.74, 6) is 0. The Morgan fingerprint density at radius 1 is 0.833 bits per heavy atom. The largest absolute Gasteiger partial charge is 0.282 e. The molecule has 1 nitrogen and oxygen atoms in total. The molecule has 0 radical (unpaired) electrons. The molecule has 2 heteroatoms. The standard InChI is InChI=1S/C16H14IN/c17-18-15-8-4-3-7-13(15)14-9-11-5-1-2-6-12(11)10-16(14)18/h3-4,7-10H,1-2,5-6H2. The van der Waals surface area contributed by atoms with Gasteiger partial charge in [-0.2, -0.15) is 0 Å². The summed E-state index contributed by atoms with van der Waals surface area (Å²) in [4.78, 5) is 0. The van der Waals surface area contributed by atoms with Crippen molar-refractivity contribution >= 4 is 44.7 Å². The smallest absolute Gasteiger partial charge is 0.0646 e. The van der Waals surface area contributed by atoms with E-state index in [1.165, 1.54) is 47.5 Å². The average Bonchev–Trinajstić information content (AvgIpc) is 2.71. The van der Waals surface area contributed by atoms with Crippen LogP contribution in [0.3, 0.4) is 0 Å². The molecular formula is C16H14IN. The predicted molar refractivity (Wildman–Crippen MR) is 85.5 cm³/mol. The lowest BCUT2D eigenvalue weighted by molar-refractivity contribution is 0.687. The lowest BCUT2D eigenvalue weighted by Gasteiger charge is -2.15. The van der Waals surface area contributed by atoms with Crippen molar-refractivity contribution in [1.29, 1.82) is 0 Å². The minimum Gasteiger partial charge on any atom is -0.282 e. The third-order valence-electron chi connectivity index (χ3n) is 4.08. The van der Waals surface area contributed by atoms with E-state index in [-0.39, 0.29) is 0 Å². The molecule has 0 fully saturated rings. The molecule has 18 heavy (non-hydrogen) atoms. The van der Waals surface area contributed by atoms with Gasteiger partial charge in [-0.25, -0.2) is 0 Å². The van der Waals surface area contributed by atoms with Crippen LogP contribution in [-0.2, 0) is 12.8 Å². The number of nitrogens with zero attached hydrogens (tertiary/aromatic N) is 1. The number of rotatable bonds is 0. The molecule has 0 saturated carbocycles. The maximum Gasteiger partial charge on any atom is 0.0646 e. The van der Waals surface area contributed by atoms with Gasteiger partial charge in [-0.1, -0.05) is 18.2 Å². The molecule has 0 bridgehead atoms. The van der Waals surface area contributed by atoms with Crippen molar-refractivity contribution in [3.8, 4) is 0 Å². The Labute approximate surface area is 120 Å². The van der Waals surface area contributed by atoms with Gasteiger partial charge in [0.1, 0.15) is 0 Å². The predicted octanol–water partition coefficient (Wildman–Crippen LogP) is 4.87. The van der Waals surface area contributed by atoms with Crippen LogP contribution in [0.15, 0.2) is 36.4 Å². The normalized spacial score (nSPS) is 15.2. The highest BCUT2D eigenvalue weighted by molar-refractivity contribution is 14.1. The Morgan fingerprint density at radius 3 is 2.39 bits per heavy atom. The molecule has 0 N–H and O–H groups in total. The highest BCUT2D eigenvalue weighted by Crippen LogP contribution is 2.34. The van der Waals surface area contributed by atoms with Gasteiger partial charge in [-0.15, -0.1) is 0 Å². The van der Waals surface area contributed by atoms with E-state index < -0.39 is 0 Å². The van der Waals surface area contributed by atoms with Gasteiger partial charge in [0.05, 0.1) is 33.9 Å². The summed E-state index contributed by atoms with van der Waals surface area (Å²) in [7, 11) is 0. The van der Waals surface area contributed by atoms with Gasteiger partial charge in [0.15, 0.2) is 0 Å². The van der Waals surface area contributed by atoms with E-state index in [0.29, 0.717) is 0 Å². The van der Waals surface area contributed by atoms with Gasteiger partial charge in [0.25, 0.3) is 0 Å². The maximum absolute atomic E-state index is 2.43. The van der Waals surface area contributed by atoms with Crippen LogP contribution in [0.2, 0.25) is 0 Å². The fourth-order valence-corrected chi connectivity index (χ4v) is 3.97. The molecule has 1 aliphatic carbocycles. The summed E-state index contributed by atoms with van der Waals surface area (Å²) >= 11 is 2.42. The Morgan fingerprint density at radius 2 is 1.56 bits per heavy atom.